The standard InChI is InChI=1S/C15H19ClN2O/c1-12-10-14(16)2-3-15(12)19-9-8-18-6-4-13(11-17)5-7-18/h2-3,10,13H,4-9H2,1H3. The number of nitriles is 1. The largest absolute Gasteiger partial charge is 0.492 e. The molecule has 1 aliphatic rings. The van der Waals surface area contributed by atoms with Crippen LogP contribution in [0.5, 0.6) is 5.75 Å². The lowest BCUT2D eigenvalue weighted by atomic mass is 9.99. The third kappa shape index (κ3) is 4.12. The van der Waals surface area contributed by atoms with E-state index >= 15 is 0 Å². The highest BCUT2D eigenvalue weighted by Gasteiger charge is 2.18. The van der Waals surface area contributed by atoms with Crippen molar-refractivity contribution >= 4 is 11.6 Å². The van der Waals surface area contributed by atoms with Crippen molar-refractivity contribution in [2.45, 2.75) is 19.8 Å². The summed E-state index contributed by atoms with van der Waals surface area (Å²) in [4.78, 5) is 2.36. The number of ether oxygens (including phenoxy) is 1. The van der Waals surface area contributed by atoms with Crippen LogP contribution >= 0.6 is 11.6 Å². The molecule has 0 bridgehead atoms. The smallest absolute Gasteiger partial charge is 0.122 e. The van der Waals surface area contributed by atoms with E-state index in [0.717, 1.165) is 48.8 Å². The molecule has 0 radical (unpaired) electrons. The van der Waals surface area contributed by atoms with Gasteiger partial charge in [0.2, 0.25) is 0 Å². The molecule has 4 heteroatoms. The highest BCUT2D eigenvalue weighted by molar-refractivity contribution is 6.30. The number of rotatable bonds is 4. The Morgan fingerprint density at radius 2 is 2.16 bits per heavy atom. The van der Waals surface area contributed by atoms with Crippen LogP contribution in [0.1, 0.15) is 18.4 Å². The Balaban J connectivity index is 1.74. The van der Waals surface area contributed by atoms with Crippen molar-refractivity contribution in [3.63, 3.8) is 0 Å². The Morgan fingerprint density at radius 1 is 1.42 bits per heavy atom. The van der Waals surface area contributed by atoms with Crippen molar-refractivity contribution < 1.29 is 4.74 Å². The van der Waals surface area contributed by atoms with Gasteiger partial charge >= 0.3 is 0 Å². The van der Waals surface area contributed by atoms with Crippen molar-refractivity contribution in [1.29, 1.82) is 5.26 Å². The highest BCUT2D eigenvalue weighted by Crippen LogP contribution is 2.22. The van der Waals surface area contributed by atoms with E-state index in [0.29, 0.717) is 6.61 Å². The van der Waals surface area contributed by atoms with Gasteiger partial charge in [-0.05, 0) is 56.6 Å². The predicted octanol–water partition coefficient (Wildman–Crippen LogP) is 3.26. The number of nitrogens with zero attached hydrogens (tertiary/aromatic N) is 2. The molecule has 3 nitrogen and oxygen atoms in total. The number of likely N-dealkylation sites (tertiary alicyclic amines) is 1. The maximum absolute atomic E-state index is 8.85. The Bertz CT molecular complexity index is 462. The maximum atomic E-state index is 8.85. The summed E-state index contributed by atoms with van der Waals surface area (Å²) >= 11 is 5.91. The fourth-order valence-corrected chi connectivity index (χ4v) is 2.57. The molecule has 0 N–H and O–H groups in total. The van der Waals surface area contributed by atoms with Gasteiger partial charge in [-0.15, -0.1) is 0 Å². The molecule has 1 aromatic carbocycles. The molecule has 1 aliphatic heterocycles. The van der Waals surface area contributed by atoms with Crippen LogP contribution < -0.4 is 4.74 Å². The van der Waals surface area contributed by atoms with Crippen molar-refractivity contribution in [3.05, 3.63) is 28.8 Å². The van der Waals surface area contributed by atoms with Gasteiger partial charge in [0.25, 0.3) is 0 Å². The van der Waals surface area contributed by atoms with E-state index in [9.17, 15) is 0 Å². The third-order valence-electron chi connectivity index (χ3n) is 3.57. The zero-order valence-electron chi connectivity index (χ0n) is 11.2. The molecular formula is C15H19ClN2O. The minimum atomic E-state index is 0.246. The molecular weight excluding hydrogens is 260 g/mol. The molecule has 1 saturated heterocycles. The lowest BCUT2D eigenvalue weighted by molar-refractivity contribution is 0.168. The van der Waals surface area contributed by atoms with Gasteiger partial charge in [0, 0.05) is 17.5 Å². The average molecular weight is 279 g/mol. The van der Waals surface area contributed by atoms with Crippen molar-refractivity contribution in [1.82, 2.24) is 4.90 Å². The number of benzene rings is 1. The molecule has 0 aliphatic carbocycles. The summed E-state index contributed by atoms with van der Waals surface area (Å²) < 4.78 is 5.78. The number of halogens is 1. The fraction of sp³-hybridized carbons (Fsp3) is 0.533. The summed E-state index contributed by atoms with van der Waals surface area (Å²) in [5, 5.41) is 9.59. The van der Waals surface area contributed by atoms with Gasteiger partial charge in [-0.2, -0.15) is 5.26 Å². The molecule has 102 valence electrons. The summed E-state index contributed by atoms with van der Waals surface area (Å²) in [7, 11) is 0. The first-order valence-corrected chi connectivity index (χ1v) is 7.08. The lowest BCUT2D eigenvalue weighted by Crippen LogP contribution is -2.36. The summed E-state index contributed by atoms with van der Waals surface area (Å²) in [5.74, 6) is 1.15. The van der Waals surface area contributed by atoms with Gasteiger partial charge in [0.1, 0.15) is 12.4 Å². The van der Waals surface area contributed by atoms with Gasteiger partial charge in [0.15, 0.2) is 0 Å². The van der Waals surface area contributed by atoms with Crippen LogP contribution in [-0.2, 0) is 0 Å². The Morgan fingerprint density at radius 3 is 2.79 bits per heavy atom. The highest BCUT2D eigenvalue weighted by atomic mass is 35.5. The molecule has 0 saturated carbocycles. The van der Waals surface area contributed by atoms with Crippen LogP contribution in [0.2, 0.25) is 5.02 Å². The maximum Gasteiger partial charge on any atom is 0.122 e. The number of hydrogen-bond acceptors (Lipinski definition) is 3. The minimum absolute atomic E-state index is 0.246. The van der Waals surface area contributed by atoms with Gasteiger partial charge < -0.3 is 4.74 Å². The monoisotopic (exact) mass is 278 g/mol. The van der Waals surface area contributed by atoms with Gasteiger partial charge in [0.05, 0.1) is 6.07 Å². The molecule has 0 aromatic heterocycles. The number of aryl methyl sites for hydroxylation is 1. The van der Waals surface area contributed by atoms with E-state index in [1.165, 1.54) is 0 Å². The van der Waals surface area contributed by atoms with Gasteiger partial charge in [-0.25, -0.2) is 0 Å². The Labute approximate surface area is 119 Å². The average Bonchev–Trinajstić information content (AvgIpc) is 2.42. The van der Waals surface area contributed by atoms with Crippen LogP contribution in [0.3, 0.4) is 0 Å². The van der Waals surface area contributed by atoms with Gasteiger partial charge in [-0.3, -0.25) is 4.90 Å². The normalized spacial score (nSPS) is 17.1. The summed E-state index contributed by atoms with van der Waals surface area (Å²) in [5.41, 5.74) is 1.07. The number of hydrogen-bond donors (Lipinski definition) is 0. The molecule has 1 aromatic rings. The van der Waals surface area contributed by atoms with E-state index in [1.54, 1.807) is 0 Å². The van der Waals surface area contributed by atoms with Crippen molar-refractivity contribution in [2.24, 2.45) is 5.92 Å². The molecule has 0 atom stereocenters. The van der Waals surface area contributed by atoms with E-state index in [2.05, 4.69) is 11.0 Å². The zero-order valence-corrected chi connectivity index (χ0v) is 12.0. The molecule has 0 amide bonds. The second-order valence-corrected chi connectivity index (χ2v) is 5.44. The quantitative estimate of drug-likeness (QED) is 0.848. The molecule has 1 heterocycles. The third-order valence-corrected chi connectivity index (χ3v) is 3.81. The van der Waals surface area contributed by atoms with E-state index in [1.807, 2.05) is 25.1 Å². The van der Waals surface area contributed by atoms with E-state index < -0.39 is 0 Å². The van der Waals surface area contributed by atoms with Gasteiger partial charge in [-0.1, -0.05) is 11.6 Å². The van der Waals surface area contributed by atoms with E-state index in [-0.39, 0.29) is 5.92 Å². The first-order chi connectivity index (χ1) is 9.19. The topological polar surface area (TPSA) is 36.3 Å². The van der Waals surface area contributed by atoms with Crippen LogP contribution in [-0.4, -0.2) is 31.1 Å². The van der Waals surface area contributed by atoms with Crippen LogP contribution in [0, 0.1) is 24.2 Å². The fourth-order valence-electron chi connectivity index (χ4n) is 2.35. The molecule has 2 rings (SSSR count). The van der Waals surface area contributed by atoms with Crippen LogP contribution in [0.4, 0.5) is 0 Å². The SMILES string of the molecule is Cc1cc(Cl)ccc1OCCN1CCC(C#N)CC1. The zero-order chi connectivity index (χ0) is 13.7. The Hall–Kier alpha value is -1.24. The molecule has 19 heavy (non-hydrogen) atoms. The summed E-state index contributed by atoms with van der Waals surface area (Å²) in [6.07, 6.45) is 1.97. The lowest BCUT2D eigenvalue weighted by Gasteiger charge is -2.28. The molecule has 0 unspecified atom stereocenters. The van der Waals surface area contributed by atoms with E-state index in [4.69, 9.17) is 21.6 Å². The van der Waals surface area contributed by atoms with Crippen LogP contribution in [0.15, 0.2) is 18.2 Å². The second kappa shape index (κ2) is 6.79. The first-order valence-electron chi connectivity index (χ1n) is 6.70. The summed E-state index contributed by atoms with van der Waals surface area (Å²) in [6, 6.07) is 8.03. The predicted molar refractivity (Wildman–Crippen MR) is 76.5 cm³/mol. The van der Waals surface area contributed by atoms with Crippen molar-refractivity contribution in [3.8, 4) is 11.8 Å². The van der Waals surface area contributed by atoms with Crippen LogP contribution in [0.25, 0.3) is 0 Å². The minimum Gasteiger partial charge on any atom is -0.492 e. The molecule has 1 fully saturated rings. The second-order valence-electron chi connectivity index (χ2n) is 5.00. The summed E-state index contributed by atoms with van der Waals surface area (Å²) in [6.45, 7) is 5.60. The number of piperidine rings is 1. The first kappa shape index (κ1) is 14.2. The van der Waals surface area contributed by atoms with Crippen molar-refractivity contribution in [2.75, 3.05) is 26.2 Å². The Kier molecular flexibility index (Phi) is 5.07. The molecule has 0 spiro atoms.